The molecule has 1 N–H and O–H groups in total. The van der Waals surface area contributed by atoms with E-state index in [4.69, 9.17) is 21.1 Å². The summed E-state index contributed by atoms with van der Waals surface area (Å²) in [5.41, 5.74) is 1.91. The summed E-state index contributed by atoms with van der Waals surface area (Å²) < 4.78 is 10.5. The Labute approximate surface area is 177 Å². The number of hydrogen-bond acceptors (Lipinski definition) is 5. The summed E-state index contributed by atoms with van der Waals surface area (Å²) in [4.78, 5) is 17.0. The summed E-state index contributed by atoms with van der Waals surface area (Å²) in [5.74, 6) is 1.43. The van der Waals surface area contributed by atoms with E-state index in [-0.39, 0.29) is 5.91 Å². The van der Waals surface area contributed by atoms with Gasteiger partial charge in [-0.2, -0.15) is 0 Å². The van der Waals surface area contributed by atoms with Gasteiger partial charge in [-0.25, -0.2) is 0 Å². The largest absolute Gasteiger partial charge is 0.497 e. The first-order valence-electron chi connectivity index (χ1n) is 9.78. The van der Waals surface area contributed by atoms with E-state index in [1.807, 2.05) is 12.1 Å². The van der Waals surface area contributed by atoms with Gasteiger partial charge in [0.25, 0.3) is 0 Å². The third-order valence-electron chi connectivity index (χ3n) is 5.14. The molecule has 6 nitrogen and oxygen atoms in total. The van der Waals surface area contributed by atoms with Crippen LogP contribution in [0.25, 0.3) is 0 Å². The molecule has 2 aromatic rings. The number of carbonyl (C=O) groups is 1. The first-order valence-corrected chi connectivity index (χ1v) is 10.2. The van der Waals surface area contributed by atoms with Gasteiger partial charge in [-0.15, -0.1) is 0 Å². The van der Waals surface area contributed by atoms with Gasteiger partial charge in [-0.1, -0.05) is 23.7 Å². The third-order valence-corrected chi connectivity index (χ3v) is 5.38. The van der Waals surface area contributed by atoms with Crippen LogP contribution < -0.4 is 14.8 Å². The second kappa shape index (κ2) is 10.5. The van der Waals surface area contributed by atoms with E-state index < -0.39 is 0 Å². The smallest absolute Gasteiger partial charge is 0.238 e. The van der Waals surface area contributed by atoms with Crippen molar-refractivity contribution in [1.82, 2.24) is 9.80 Å². The summed E-state index contributed by atoms with van der Waals surface area (Å²) >= 11 is 6.03. The van der Waals surface area contributed by atoms with Crippen LogP contribution >= 0.6 is 11.6 Å². The maximum atomic E-state index is 12.4. The normalized spacial score (nSPS) is 15.1. The van der Waals surface area contributed by atoms with Crippen molar-refractivity contribution >= 4 is 23.2 Å². The molecule has 2 aromatic carbocycles. The molecule has 0 radical (unpaired) electrons. The highest BCUT2D eigenvalue weighted by Crippen LogP contribution is 2.27. The number of amides is 1. The lowest BCUT2D eigenvalue weighted by Crippen LogP contribution is -2.49. The molecular formula is C22H28ClN3O3. The fourth-order valence-electron chi connectivity index (χ4n) is 3.42. The molecule has 1 aliphatic rings. The topological polar surface area (TPSA) is 54.0 Å². The number of rotatable bonds is 8. The molecule has 3 rings (SSSR count). The first-order chi connectivity index (χ1) is 14.1. The summed E-state index contributed by atoms with van der Waals surface area (Å²) in [5, 5.41) is 3.46. The lowest BCUT2D eigenvalue weighted by molar-refractivity contribution is -0.117. The van der Waals surface area contributed by atoms with Crippen LogP contribution in [-0.2, 0) is 11.2 Å². The molecule has 156 valence electrons. The van der Waals surface area contributed by atoms with E-state index >= 15 is 0 Å². The molecule has 29 heavy (non-hydrogen) atoms. The second-order valence-corrected chi connectivity index (χ2v) is 7.55. The van der Waals surface area contributed by atoms with Gasteiger partial charge in [-0.3, -0.25) is 9.69 Å². The van der Waals surface area contributed by atoms with Gasteiger partial charge in [0.2, 0.25) is 5.91 Å². The second-order valence-electron chi connectivity index (χ2n) is 7.11. The molecule has 0 aliphatic carbocycles. The molecule has 1 amide bonds. The van der Waals surface area contributed by atoms with Crippen molar-refractivity contribution in [3.63, 3.8) is 0 Å². The van der Waals surface area contributed by atoms with Crippen molar-refractivity contribution in [1.29, 1.82) is 0 Å². The molecule has 1 aliphatic heterocycles. The summed E-state index contributed by atoms with van der Waals surface area (Å²) in [7, 11) is 3.25. The van der Waals surface area contributed by atoms with Crippen LogP contribution in [0.15, 0.2) is 42.5 Å². The molecule has 7 heteroatoms. The lowest BCUT2D eigenvalue weighted by Gasteiger charge is -2.34. The highest BCUT2D eigenvalue weighted by Gasteiger charge is 2.19. The number of benzene rings is 2. The van der Waals surface area contributed by atoms with Crippen molar-refractivity contribution in [3.05, 3.63) is 53.1 Å². The van der Waals surface area contributed by atoms with Crippen LogP contribution in [0.1, 0.15) is 5.56 Å². The van der Waals surface area contributed by atoms with Crippen LogP contribution in [0.5, 0.6) is 11.5 Å². The van der Waals surface area contributed by atoms with Crippen LogP contribution in [0.3, 0.4) is 0 Å². The third kappa shape index (κ3) is 6.35. The maximum absolute atomic E-state index is 12.4. The molecule has 0 atom stereocenters. The van der Waals surface area contributed by atoms with E-state index in [0.29, 0.717) is 23.0 Å². The first kappa shape index (κ1) is 21.4. The molecule has 0 unspecified atom stereocenters. The van der Waals surface area contributed by atoms with Crippen LogP contribution in [-0.4, -0.2) is 69.2 Å². The van der Waals surface area contributed by atoms with Crippen molar-refractivity contribution < 1.29 is 14.3 Å². The molecule has 0 saturated carbocycles. The Kier molecular flexibility index (Phi) is 7.75. The van der Waals surface area contributed by atoms with E-state index in [2.05, 4.69) is 27.2 Å². The number of nitrogens with zero attached hydrogens (tertiary/aromatic N) is 2. The van der Waals surface area contributed by atoms with Gasteiger partial charge in [-0.05, 0) is 42.3 Å². The minimum atomic E-state index is -0.0581. The zero-order valence-corrected chi connectivity index (χ0v) is 17.7. The zero-order valence-electron chi connectivity index (χ0n) is 17.0. The number of nitrogens with one attached hydrogen (secondary N) is 1. The predicted octanol–water partition coefficient (Wildman–Crippen LogP) is 3.16. The summed E-state index contributed by atoms with van der Waals surface area (Å²) in [6.07, 6.45) is 1.01. The molecule has 1 heterocycles. The average Bonchev–Trinajstić information content (AvgIpc) is 2.74. The fraction of sp³-hybridized carbons (Fsp3) is 0.409. The molecule has 1 fully saturated rings. The van der Waals surface area contributed by atoms with Crippen molar-refractivity contribution in [2.45, 2.75) is 6.42 Å². The number of hydrogen-bond donors (Lipinski definition) is 1. The van der Waals surface area contributed by atoms with E-state index in [1.54, 1.807) is 32.4 Å². The van der Waals surface area contributed by atoms with Gasteiger partial charge in [0.15, 0.2) is 0 Å². The van der Waals surface area contributed by atoms with Crippen LogP contribution in [0.2, 0.25) is 5.02 Å². The minimum Gasteiger partial charge on any atom is -0.497 e. The highest BCUT2D eigenvalue weighted by molar-refractivity contribution is 6.31. The Morgan fingerprint density at radius 1 is 1.00 bits per heavy atom. The van der Waals surface area contributed by atoms with Crippen molar-refractivity contribution in [2.75, 3.05) is 58.8 Å². The summed E-state index contributed by atoms with van der Waals surface area (Å²) in [6.45, 7) is 5.06. The number of ether oxygens (including phenoxy) is 2. The van der Waals surface area contributed by atoms with E-state index in [0.717, 1.165) is 44.9 Å². The molecule has 0 aromatic heterocycles. The molecule has 0 bridgehead atoms. The van der Waals surface area contributed by atoms with Crippen LogP contribution in [0, 0.1) is 0 Å². The standard InChI is InChI=1S/C22H28ClN3O3/c1-28-19-6-3-17(4-7-19)9-10-25-11-13-26(14-12-25)16-22(27)24-20-15-18(23)5-8-21(20)29-2/h3-8,15H,9-14,16H2,1-2H3,(H,24,27). The maximum Gasteiger partial charge on any atom is 0.238 e. The van der Waals surface area contributed by atoms with Gasteiger partial charge in [0, 0.05) is 37.7 Å². The Hall–Kier alpha value is -2.28. The Morgan fingerprint density at radius 2 is 1.69 bits per heavy atom. The number of piperazine rings is 1. The van der Waals surface area contributed by atoms with E-state index in [9.17, 15) is 4.79 Å². The number of carbonyl (C=O) groups excluding carboxylic acids is 1. The summed E-state index contributed by atoms with van der Waals surface area (Å²) in [6, 6.07) is 13.4. The molecule has 1 saturated heterocycles. The quantitative estimate of drug-likeness (QED) is 0.715. The number of methoxy groups -OCH3 is 2. The van der Waals surface area contributed by atoms with Crippen LogP contribution in [0.4, 0.5) is 5.69 Å². The van der Waals surface area contributed by atoms with Crippen molar-refractivity contribution in [3.8, 4) is 11.5 Å². The van der Waals surface area contributed by atoms with Gasteiger partial charge in [0.05, 0.1) is 26.5 Å². The number of halogens is 1. The fourth-order valence-corrected chi connectivity index (χ4v) is 3.59. The van der Waals surface area contributed by atoms with Gasteiger partial charge in [0.1, 0.15) is 11.5 Å². The molecular weight excluding hydrogens is 390 g/mol. The Morgan fingerprint density at radius 3 is 2.34 bits per heavy atom. The SMILES string of the molecule is COc1ccc(CCN2CCN(CC(=O)Nc3cc(Cl)ccc3OC)CC2)cc1. The molecule has 0 spiro atoms. The highest BCUT2D eigenvalue weighted by atomic mass is 35.5. The average molecular weight is 418 g/mol. The zero-order chi connectivity index (χ0) is 20.6. The Balaban J connectivity index is 1.41. The van der Waals surface area contributed by atoms with Gasteiger partial charge >= 0.3 is 0 Å². The Bertz CT molecular complexity index is 805. The lowest BCUT2D eigenvalue weighted by atomic mass is 10.1. The van der Waals surface area contributed by atoms with Gasteiger partial charge < -0.3 is 19.7 Å². The minimum absolute atomic E-state index is 0.0581. The number of anilines is 1. The van der Waals surface area contributed by atoms with Crippen molar-refractivity contribution in [2.24, 2.45) is 0 Å². The monoisotopic (exact) mass is 417 g/mol. The van der Waals surface area contributed by atoms with E-state index in [1.165, 1.54) is 5.56 Å². The predicted molar refractivity (Wildman–Crippen MR) is 116 cm³/mol.